The number of hydrogen-bond acceptors (Lipinski definition) is 2. The highest BCUT2D eigenvalue weighted by Gasteiger charge is 2.28. The predicted molar refractivity (Wildman–Crippen MR) is 134 cm³/mol. The van der Waals surface area contributed by atoms with E-state index in [4.69, 9.17) is 28.9 Å². The molecule has 0 aliphatic carbocycles. The van der Waals surface area contributed by atoms with E-state index in [1.807, 2.05) is 60.7 Å². The average molecular weight is 469 g/mol. The van der Waals surface area contributed by atoms with Crippen LogP contribution in [0.2, 0.25) is 10.0 Å². The second-order valence-corrected chi connectivity index (χ2v) is 9.08. The van der Waals surface area contributed by atoms with E-state index in [1.54, 1.807) is 4.90 Å². The van der Waals surface area contributed by atoms with Crippen LogP contribution >= 0.6 is 34.5 Å². The number of primary amides is 1. The molecule has 0 aliphatic rings. The Hall–Kier alpha value is -2.53. The predicted octanol–water partition coefficient (Wildman–Crippen LogP) is 8.22. The number of carbonyl (C=O) groups is 1. The summed E-state index contributed by atoms with van der Waals surface area (Å²) in [7, 11) is 0. The van der Waals surface area contributed by atoms with Gasteiger partial charge in [-0.2, -0.15) is 0 Å². The highest BCUT2D eigenvalue weighted by Crippen LogP contribution is 2.50. The van der Waals surface area contributed by atoms with Gasteiger partial charge >= 0.3 is 6.03 Å². The molecule has 0 atom stereocenters. The van der Waals surface area contributed by atoms with Crippen LogP contribution in [0.1, 0.15) is 25.0 Å². The minimum Gasteiger partial charge on any atom is -0.351 e. The van der Waals surface area contributed by atoms with Gasteiger partial charge in [0.1, 0.15) is 5.00 Å². The number of hydrogen-bond donors (Lipinski definition) is 1. The van der Waals surface area contributed by atoms with E-state index < -0.39 is 6.03 Å². The number of aryl methyl sites for hydroxylation is 2. The molecule has 1 heterocycles. The Bertz CT molecular complexity index is 1260. The summed E-state index contributed by atoms with van der Waals surface area (Å²) in [5.74, 6) is 0. The highest BCUT2D eigenvalue weighted by molar-refractivity contribution is 7.24. The molecule has 0 fully saturated rings. The van der Waals surface area contributed by atoms with Crippen LogP contribution in [0.25, 0.3) is 21.2 Å². The van der Waals surface area contributed by atoms with Gasteiger partial charge in [0.2, 0.25) is 0 Å². The molecule has 4 aromatic rings. The number of nitrogens with zero attached hydrogens (tertiary/aromatic N) is 1. The van der Waals surface area contributed by atoms with Gasteiger partial charge in [-0.1, -0.05) is 73.4 Å². The molecule has 31 heavy (non-hydrogen) atoms. The third kappa shape index (κ3) is 3.91. The SMILES string of the molecule is CCc1cccc(CC)c1N(C(N)=O)c1sc2ccc(Cl)cc2c1-c1ccccc1Cl. The topological polar surface area (TPSA) is 46.3 Å². The Morgan fingerprint density at radius 2 is 1.65 bits per heavy atom. The first-order chi connectivity index (χ1) is 15.0. The zero-order valence-corrected chi connectivity index (χ0v) is 19.6. The first-order valence-electron chi connectivity index (χ1n) is 10.1. The zero-order valence-electron chi connectivity index (χ0n) is 17.3. The highest BCUT2D eigenvalue weighted by atomic mass is 35.5. The number of rotatable bonds is 5. The summed E-state index contributed by atoms with van der Waals surface area (Å²) in [5.41, 5.74) is 10.7. The van der Waals surface area contributed by atoms with E-state index in [0.717, 1.165) is 55.9 Å². The van der Waals surface area contributed by atoms with Crippen molar-refractivity contribution in [2.24, 2.45) is 5.73 Å². The maximum atomic E-state index is 12.9. The van der Waals surface area contributed by atoms with Gasteiger partial charge in [0.15, 0.2) is 0 Å². The lowest BCUT2D eigenvalue weighted by Gasteiger charge is -2.26. The molecule has 158 valence electrons. The number of amides is 2. The molecular formula is C25H22Cl2N2OS. The maximum Gasteiger partial charge on any atom is 0.324 e. The van der Waals surface area contributed by atoms with E-state index in [-0.39, 0.29) is 0 Å². The number of halogens is 2. The third-order valence-electron chi connectivity index (χ3n) is 5.39. The van der Waals surface area contributed by atoms with Gasteiger partial charge in [0, 0.05) is 31.3 Å². The van der Waals surface area contributed by atoms with Gasteiger partial charge in [-0.15, -0.1) is 11.3 Å². The van der Waals surface area contributed by atoms with Crippen LogP contribution in [-0.4, -0.2) is 6.03 Å². The molecular weight excluding hydrogens is 447 g/mol. The maximum absolute atomic E-state index is 12.9. The summed E-state index contributed by atoms with van der Waals surface area (Å²) >= 11 is 14.5. The van der Waals surface area contributed by atoms with Crippen molar-refractivity contribution >= 4 is 61.3 Å². The summed E-state index contributed by atoms with van der Waals surface area (Å²) in [5, 5.41) is 2.92. The van der Waals surface area contributed by atoms with Crippen molar-refractivity contribution in [1.82, 2.24) is 0 Å². The summed E-state index contributed by atoms with van der Waals surface area (Å²) in [6.07, 6.45) is 1.57. The van der Waals surface area contributed by atoms with Gasteiger partial charge < -0.3 is 5.73 Å². The van der Waals surface area contributed by atoms with Gasteiger partial charge in [-0.3, -0.25) is 4.90 Å². The van der Waals surface area contributed by atoms with Crippen molar-refractivity contribution < 1.29 is 4.79 Å². The molecule has 0 spiro atoms. The first-order valence-corrected chi connectivity index (χ1v) is 11.7. The number of anilines is 2. The van der Waals surface area contributed by atoms with E-state index >= 15 is 0 Å². The fourth-order valence-corrected chi connectivity index (χ4v) is 5.56. The van der Waals surface area contributed by atoms with Crippen LogP contribution < -0.4 is 10.6 Å². The lowest BCUT2D eigenvalue weighted by molar-refractivity contribution is 0.256. The monoisotopic (exact) mass is 468 g/mol. The fraction of sp³-hybridized carbons (Fsp3) is 0.160. The summed E-state index contributed by atoms with van der Waals surface area (Å²) in [6.45, 7) is 4.16. The second-order valence-electron chi connectivity index (χ2n) is 7.21. The van der Waals surface area contributed by atoms with Crippen molar-refractivity contribution in [1.29, 1.82) is 0 Å². The Morgan fingerprint density at radius 1 is 0.968 bits per heavy atom. The van der Waals surface area contributed by atoms with Crippen molar-refractivity contribution in [3.05, 3.63) is 81.8 Å². The van der Waals surface area contributed by atoms with E-state index in [0.29, 0.717) is 10.0 Å². The smallest absolute Gasteiger partial charge is 0.324 e. The third-order valence-corrected chi connectivity index (χ3v) is 7.11. The van der Waals surface area contributed by atoms with Gasteiger partial charge in [-0.05, 0) is 48.2 Å². The Labute approximate surface area is 196 Å². The number of fused-ring (bicyclic) bond motifs is 1. The minimum absolute atomic E-state index is 0.526. The Kier molecular flexibility index (Phi) is 6.24. The van der Waals surface area contributed by atoms with Crippen LogP contribution in [-0.2, 0) is 12.8 Å². The first kappa shape index (κ1) is 21.7. The number of carbonyl (C=O) groups excluding carboxylic acids is 1. The molecule has 3 nitrogen and oxygen atoms in total. The molecule has 0 radical (unpaired) electrons. The molecule has 0 saturated carbocycles. The van der Waals surface area contributed by atoms with E-state index in [9.17, 15) is 4.79 Å². The van der Waals surface area contributed by atoms with Gasteiger partial charge in [-0.25, -0.2) is 4.79 Å². The molecule has 4 rings (SSSR count). The normalized spacial score (nSPS) is 11.1. The summed E-state index contributed by atoms with van der Waals surface area (Å²) in [6, 6.07) is 19.0. The number of nitrogens with two attached hydrogens (primary N) is 1. The lowest BCUT2D eigenvalue weighted by atomic mass is 10.00. The number of urea groups is 1. The molecule has 6 heteroatoms. The number of para-hydroxylation sites is 1. The van der Waals surface area contributed by atoms with Crippen LogP contribution in [0.5, 0.6) is 0 Å². The average Bonchev–Trinajstić information content (AvgIpc) is 3.11. The van der Waals surface area contributed by atoms with Crippen LogP contribution in [0.15, 0.2) is 60.7 Å². The Morgan fingerprint density at radius 3 is 2.26 bits per heavy atom. The second kappa shape index (κ2) is 8.91. The molecule has 0 aliphatic heterocycles. The van der Waals surface area contributed by atoms with Crippen molar-refractivity contribution in [3.63, 3.8) is 0 Å². The van der Waals surface area contributed by atoms with Gasteiger partial charge in [0.25, 0.3) is 0 Å². The van der Waals surface area contributed by atoms with Crippen LogP contribution in [0.3, 0.4) is 0 Å². The van der Waals surface area contributed by atoms with E-state index in [2.05, 4.69) is 13.8 Å². The zero-order chi connectivity index (χ0) is 22.1. The van der Waals surface area contributed by atoms with Crippen molar-refractivity contribution in [3.8, 4) is 11.1 Å². The van der Waals surface area contributed by atoms with E-state index in [1.165, 1.54) is 11.3 Å². The minimum atomic E-state index is -0.526. The summed E-state index contributed by atoms with van der Waals surface area (Å²) in [4.78, 5) is 14.6. The molecule has 0 bridgehead atoms. The molecule has 0 saturated heterocycles. The molecule has 2 N–H and O–H groups in total. The lowest BCUT2D eigenvalue weighted by Crippen LogP contribution is -2.32. The van der Waals surface area contributed by atoms with Gasteiger partial charge in [0.05, 0.1) is 5.69 Å². The quantitative estimate of drug-likeness (QED) is 0.314. The largest absolute Gasteiger partial charge is 0.351 e. The molecule has 0 unspecified atom stereocenters. The van der Waals surface area contributed by atoms with Crippen molar-refractivity contribution in [2.75, 3.05) is 4.90 Å². The molecule has 2 amide bonds. The number of thiophene rings is 1. The molecule has 3 aromatic carbocycles. The van der Waals surface area contributed by atoms with Crippen molar-refractivity contribution in [2.45, 2.75) is 26.7 Å². The molecule has 1 aromatic heterocycles. The summed E-state index contributed by atoms with van der Waals surface area (Å²) < 4.78 is 1.01. The standard InChI is InChI=1S/C25H22Cl2N2OS/c1-3-15-8-7-9-16(4-2)23(15)29(25(28)30)24-22(18-10-5-6-11-20(18)27)19-14-17(26)12-13-21(19)31-24/h5-14H,3-4H2,1-2H3,(H2,28,30). The number of benzene rings is 3. The fourth-order valence-electron chi connectivity index (χ4n) is 3.95. The van der Waals surface area contributed by atoms with Crippen LogP contribution in [0, 0.1) is 0 Å². The Balaban J connectivity index is 2.11. The van der Waals surface area contributed by atoms with Crippen LogP contribution in [0.4, 0.5) is 15.5 Å².